The van der Waals surface area contributed by atoms with Gasteiger partial charge in [0.15, 0.2) is 0 Å². The van der Waals surface area contributed by atoms with Gasteiger partial charge in [-0.15, -0.1) is 0 Å². The number of halogens is 1. The van der Waals surface area contributed by atoms with E-state index in [-0.39, 0.29) is 5.82 Å². The highest BCUT2D eigenvalue weighted by Gasteiger charge is 2.06. The highest BCUT2D eigenvalue weighted by atomic mass is 19.1. The summed E-state index contributed by atoms with van der Waals surface area (Å²) in [5.41, 5.74) is 3.24. The van der Waals surface area contributed by atoms with E-state index in [2.05, 4.69) is 18.8 Å². The second-order valence-electron chi connectivity index (χ2n) is 4.32. The van der Waals surface area contributed by atoms with Crippen molar-refractivity contribution < 1.29 is 4.39 Å². The van der Waals surface area contributed by atoms with Crippen molar-refractivity contribution in [2.24, 2.45) is 0 Å². The minimum Gasteiger partial charge on any atom is -0.320 e. The fraction of sp³-hybridized carbons (Fsp3) is 0.467. The Morgan fingerprint density at radius 2 is 2.12 bits per heavy atom. The minimum absolute atomic E-state index is 0.173. The van der Waals surface area contributed by atoms with Crippen molar-refractivity contribution in [2.45, 2.75) is 32.6 Å². The monoisotopic (exact) mass is 235 g/mol. The summed E-state index contributed by atoms with van der Waals surface area (Å²) in [7, 11) is 1.96. The molecule has 0 fully saturated rings. The van der Waals surface area contributed by atoms with Crippen molar-refractivity contribution in [1.82, 2.24) is 5.32 Å². The molecule has 0 aromatic heterocycles. The summed E-state index contributed by atoms with van der Waals surface area (Å²) in [4.78, 5) is 0. The van der Waals surface area contributed by atoms with Gasteiger partial charge < -0.3 is 5.32 Å². The average Bonchev–Trinajstić information content (AvgIpc) is 2.35. The van der Waals surface area contributed by atoms with E-state index >= 15 is 0 Å². The Morgan fingerprint density at radius 1 is 1.35 bits per heavy atom. The Kier molecular flexibility index (Phi) is 5.92. The third-order valence-corrected chi connectivity index (χ3v) is 3.00. The van der Waals surface area contributed by atoms with Crippen LogP contribution in [0.3, 0.4) is 0 Å². The predicted octanol–water partition coefficient (Wildman–Crippen LogP) is 3.79. The van der Waals surface area contributed by atoms with Crippen LogP contribution in [0.4, 0.5) is 4.39 Å². The molecule has 0 saturated heterocycles. The molecule has 0 amide bonds. The largest absolute Gasteiger partial charge is 0.320 e. The molecule has 0 heterocycles. The molecule has 94 valence electrons. The molecule has 0 aliphatic rings. The standard InChI is InChI=1S/C15H22FN/c1-4-12(2)15-11-14(16)9-8-13(15)7-5-6-10-17-3/h8-9,11,17H,2,4-7,10H2,1,3H3. The van der Waals surface area contributed by atoms with E-state index in [0.29, 0.717) is 0 Å². The first-order valence-electron chi connectivity index (χ1n) is 6.30. The van der Waals surface area contributed by atoms with Gasteiger partial charge in [0.25, 0.3) is 0 Å². The van der Waals surface area contributed by atoms with Crippen LogP contribution in [0.2, 0.25) is 0 Å². The normalized spacial score (nSPS) is 10.5. The van der Waals surface area contributed by atoms with Crippen LogP contribution in [-0.2, 0) is 6.42 Å². The molecule has 17 heavy (non-hydrogen) atoms. The first-order valence-corrected chi connectivity index (χ1v) is 6.30. The van der Waals surface area contributed by atoms with Crippen LogP contribution in [0.25, 0.3) is 5.57 Å². The Bertz CT molecular complexity index is 371. The maximum absolute atomic E-state index is 13.2. The number of unbranched alkanes of at least 4 members (excludes halogenated alkanes) is 1. The van der Waals surface area contributed by atoms with E-state index in [1.165, 1.54) is 5.56 Å². The first-order chi connectivity index (χ1) is 8.19. The van der Waals surface area contributed by atoms with Gasteiger partial charge in [-0.2, -0.15) is 0 Å². The summed E-state index contributed by atoms with van der Waals surface area (Å²) in [5.74, 6) is -0.173. The molecule has 2 heteroatoms. The zero-order valence-corrected chi connectivity index (χ0v) is 10.9. The molecule has 0 aliphatic carbocycles. The summed E-state index contributed by atoms with van der Waals surface area (Å²) in [5, 5.41) is 3.13. The summed E-state index contributed by atoms with van der Waals surface area (Å²) >= 11 is 0. The lowest BCUT2D eigenvalue weighted by Crippen LogP contribution is -2.07. The lowest BCUT2D eigenvalue weighted by Gasteiger charge is -2.11. The molecule has 0 atom stereocenters. The predicted molar refractivity (Wildman–Crippen MR) is 72.6 cm³/mol. The molecule has 0 aliphatic heterocycles. The van der Waals surface area contributed by atoms with Gasteiger partial charge >= 0.3 is 0 Å². The zero-order chi connectivity index (χ0) is 12.7. The number of benzene rings is 1. The van der Waals surface area contributed by atoms with Gasteiger partial charge in [0, 0.05) is 0 Å². The van der Waals surface area contributed by atoms with Crippen LogP contribution < -0.4 is 5.32 Å². The third-order valence-electron chi connectivity index (χ3n) is 3.00. The van der Waals surface area contributed by atoms with E-state index in [0.717, 1.165) is 43.4 Å². The molecule has 1 aromatic rings. The lowest BCUT2D eigenvalue weighted by molar-refractivity contribution is 0.625. The van der Waals surface area contributed by atoms with Gasteiger partial charge in [-0.3, -0.25) is 0 Å². The molecule has 1 nitrogen and oxygen atoms in total. The maximum Gasteiger partial charge on any atom is 0.123 e. The molecular formula is C15H22FN. The van der Waals surface area contributed by atoms with E-state index in [1.807, 2.05) is 13.1 Å². The summed E-state index contributed by atoms with van der Waals surface area (Å²) in [6, 6.07) is 5.05. The molecule has 1 N–H and O–H groups in total. The Morgan fingerprint density at radius 3 is 2.76 bits per heavy atom. The van der Waals surface area contributed by atoms with Crippen LogP contribution in [0.5, 0.6) is 0 Å². The van der Waals surface area contributed by atoms with Crippen molar-refractivity contribution in [2.75, 3.05) is 13.6 Å². The van der Waals surface area contributed by atoms with E-state index in [9.17, 15) is 4.39 Å². The van der Waals surface area contributed by atoms with E-state index in [4.69, 9.17) is 0 Å². The van der Waals surface area contributed by atoms with Crippen LogP contribution >= 0.6 is 0 Å². The summed E-state index contributed by atoms with van der Waals surface area (Å²) < 4.78 is 13.2. The molecule has 0 bridgehead atoms. The topological polar surface area (TPSA) is 12.0 Å². The Balaban J connectivity index is 2.72. The summed E-state index contributed by atoms with van der Waals surface area (Å²) in [6.07, 6.45) is 4.13. The number of rotatable bonds is 7. The molecule has 0 saturated carbocycles. The van der Waals surface area contributed by atoms with Crippen molar-refractivity contribution >= 4 is 5.57 Å². The summed E-state index contributed by atoms with van der Waals surface area (Å²) in [6.45, 7) is 7.10. The van der Waals surface area contributed by atoms with E-state index in [1.54, 1.807) is 12.1 Å². The SMILES string of the molecule is C=C(CC)c1cc(F)ccc1CCCCNC. The number of hydrogen-bond acceptors (Lipinski definition) is 1. The number of allylic oxidation sites excluding steroid dienone is 1. The molecule has 1 rings (SSSR count). The Hall–Kier alpha value is -1.15. The second-order valence-corrected chi connectivity index (χ2v) is 4.32. The van der Waals surface area contributed by atoms with Crippen molar-refractivity contribution in [3.8, 4) is 0 Å². The highest BCUT2D eigenvalue weighted by Crippen LogP contribution is 2.23. The van der Waals surface area contributed by atoms with Gasteiger partial charge in [0.1, 0.15) is 5.82 Å². The van der Waals surface area contributed by atoms with Crippen LogP contribution in [0.15, 0.2) is 24.8 Å². The van der Waals surface area contributed by atoms with Gasteiger partial charge in [-0.25, -0.2) is 4.39 Å². The fourth-order valence-corrected chi connectivity index (χ4v) is 1.90. The number of hydrogen-bond donors (Lipinski definition) is 1. The quantitative estimate of drug-likeness (QED) is 0.709. The van der Waals surface area contributed by atoms with E-state index < -0.39 is 0 Å². The van der Waals surface area contributed by atoms with Crippen molar-refractivity contribution in [3.63, 3.8) is 0 Å². The fourth-order valence-electron chi connectivity index (χ4n) is 1.90. The van der Waals surface area contributed by atoms with Gasteiger partial charge in [-0.1, -0.05) is 19.6 Å². The maximum atomic E-state index is 13.2. The van der Waals surface area contributed by atoms with Gasteiger partial charge in [0.2, 0.25) is 0 Å². The zero-order valence-electron chi connectivity index (χ0n) is 10.9. The molecular weight excluding hydrogens is 213 g/mol. The third kappa shape index (κ3) is 4.31. The number of aryl methyl sites for hydroxylation is 1. The van der Waals surface area contributed by atoms with Crippen molar-refractivity contribution in [1.29, 1.82) is 0 Å². The molecule has 0 radical (unpaired) electrons. The van der Waals surface area contributed by atoms with Gasteiger partial charge in [-0.05, 0) is 68.1 Å². The smallest absolute Gasteiger partial charge is 0.123 e. The van der Waals surface area contributed by atoms with Crippen LogP contribution in [0, 0.1) is 5.82 Å². The average molecular weight is 235 g/mol. The van der Waals surface area contributed by atoms with Gasteiger partial charge in [0.05, 0.1) is 0 Å². The first kappa shape index (κ1) is 13.9. The highest BCUT2D eigenvalue weighted by molar-refractivity contribution is 5.66. The minimum atomic E-state index is -0.173. The van der Waals surface area contributed by atoms with Crippen LogP contribution in [-0.4, -0.2) is 13.6 Å². The molecule has 1 aromatic carbocycles. The second kappa shape index (κ2) is 7.23. The Labute approximate surface area is 104 Å². The van der Waals surface area contributed by atoms with Crippen LogP contribution in [0.1, 0.15) is 37.3 Å². The molecule has 0 spiro atoms. The van der Waals surface area contributed by atoms with Crippen molar-refractivity contribution in [3.05, 3.63) is 41.7 Å². The molecule has 0 unspecified atom stereocenters. The lowest BCUT2D eigenvalue weighted by atomic mass is 9.95. The number of nitrogens with one attached hydrogen (secondary N) is 1.